The van der Waals surface area contributed by atoms with Gasteiger partial charge in [0.25, 0.3) is 0 Å². The van der Waals surface area contributed by atoms with Crippen molar-refractivity contribution >= 4 is 0 Å². The van der Waals surface area contributed by atoms with Gasteiger partial charge in [0.15, 0.2) is 0 Å². The molecule has 2 aliphatic carbocycles. The van der Waals surface area contributed by atoms with Crippen LogP contribution in [-0.4, -0.2) is 0 Å². The summed E-state index contributed by atoms with van der Waals surface area (Å²) in [5.74, 6) is 0.949. The standard InChI is InChI=1S/C7H12.C6H10/c1-7-5-3-2-4-6-7;1-2-4-6-5-3-1/h2-3,7H,4-6H2,1H3;1-2H,3-6H2. The minimum Gasteiger partial charge on any atom is -0.0885 e. The van der Waals surface area contributed by atoms with E-state index in [2.05, 4.69) is 31.2 Å². The third-order valence-electron chi connectivity index (χ3n) is 2.69. The Bertz CT molecular complexity index is 157. The van der Waals surface area contributed by atoms with Crippen molar-refractivity contribution < 1.29 is 0 Å². The van der Waals surface area contributed by atoms with Crippen molar-refractivity contribution in [1.82, 2.24) is 0 Å². The Morgan fingerprint density at radius 2 is 1.46 bits per heavy atom. The smallest absolute Gasteiger partial charge is 0.0325 e. The normalized spacial score (nSPS) is 26.4. The van der Waals surface area contributed by atoms with E-state index in [0.717, 1.165) is 5.92 Å². The molecule has 2 aliphatic rings. The molecular weight excluding hydrogens is 156 g/mol. The molecule has 74 valence electrons. The maximum absolute atomic E-state index is 2.31. The summed E-state index contributed by atoms with van der Waals surface area (Å²) in [6, 6.07) is 0. The van der Waals surface area contributed by atoms with E-state index in [-0.39, 0.29) is 0 Å². The SMILES string of the molecule is C1=CCCCC1.CC1CC=CCC1. The zero-order valence-electron chi connectivity index (χ0n) is 8.84. The second-order valence-electron chi connectivity index (χ2n) is 4.15. The van der Waals surface area contributed by atoms with Crippen LogP contribution in [0.15, 0.2) is 24.3 Å². The van der Waals surface area contributed by atoms with Gasteiger partial charge in [0, 0.05) is 0 Å². The first-order valence-electron chi connectivity index (χ1n) is 5.69. The van der Waals surface area contributed by atoms with E-state index in [1.165, 1.54) is 44.9 Å². The lowest BCUT2D eigenvalue weighted by Crippen LogP contribution is -1.94. The fourth-order valence-electron chi connectivity index (χ4n) is 1.71. The number of rotatable bonds is 0. The molecule has 1 atom stereocenters. The Morgan fingerprint density at radius 1 is 0.846 bits per heavy atom. The van der Waals surface area contributed by atoms with Crippen molar-refractivity contribution in [1.29, 1.82) is 0 Å². The van der Waals surface area contributed by atoms with Crippen LogP contribution in [0.25, 0.3) is 0 Å². The summed E-state index contributed by atoms with van der Waals surface area (Å²) in [5, 5.41) is 0. The Hall–Kier alpha value is -0.520. The minimum absolute atomic E-state index is 0.949. The van der Waals surface area contributed by atoms with Crippen LogP contribution in [0.3, 0.4) is 0 Å². The molecule has 0 spiro atoms. The van der Waals surface area contributed by atoms with Gasteiger partial charge in [-0.15, -0.1) is 0 Å². The topological polar surface area (TPSA) is 0 Å². The largest absolute Gasteiger partial charge is 0.0885 e. The Labute approximate surface area is 82.7 Å². The monoisotopic (exact) mass is 178 g/mol. The van der Waals surface area contributed by atoms with Crippen LogP contribution in [0.1, 0.15) is 51.9 Å². The zero-order valence-corrected chi connectivity index (χ0v) is 8.84. The first-order chi connectivity index (χ1) is 6.39. The summed E-state index contributed by atoms with van der Waals surface area (Å²) in [7, 11) is 0. The third kappa shape index (κ3) is 5.68. The van der Waals surface area contributed by atoms with Gasteiger partial charge in [-0.1, -0.05) is 31.2 Å². The first kappa shape index (κ1) is 10.6. The lowest BCUT2D eigenvalue weighted by Gasteiger charge is -2.09. The van der Waals surface area contributed by atoms with Crippen molar-refractivity contribution in [3.05, 3.63) is 24.3 Å². The molecule has 0 aromatic rings. The van der Waals surface area contributed by atoms with Crippen LogP contribution >= 0.6 is 0 Å². The molecule has 0 N–H and O–H groups in total. The summed E-state index contributed by atoms with van der Waals surface area (Å²) < 4.78 is 0. The van der Waals surface area contributed by atoms with Gasteiger partial charge in [-0.25, -0.2) is 0 Å². The molecule has 0 saturated heterocycles. The van der Waals surface area contributed by atoms with Crippen LogP contribution in [0.2, 0.25) is 0 Å². The lowest BCUT2D eigenvalue weighted by atomic mass is 9.97. The first-order valence-corrected chi connectivity index (χ1v) is 5.69. The average Bonchev–Trinajstić information content (AvgIpc) is 2.22. The van der Waals surface area contributed by atoms with Crippen LogP contribution < -0.4 is 0 Å². The van der Waals surface area contributed by atoms with Crippen LogP contribution in [0.4, 0.5) is 0 Å². The lowest BCUT2D eigenvalue weighted by molar-refractivity contribution is 0.527. The molecule has 13 heavy (non-hydrogen) atoms. The van der Waals surface area contributed by atoms with Gasteiger partial charge >= 0.3 is 0 Å². The van der Waals surface area contributed by atoms with E-state index in [1.807, 2.05) is 0 Å². The molecular formula is C13H22. The second kappa shape index (κ2) is 6.94. The van der Waals surface area contributed by atoms with E-state index in [1.54, 1.807) is 0 Å². The molecule has 0 saturated carbocycles. The Morgan fingerprint density at radius 3 is 1.69 bits per heavy atom. The van der Waals surface area contributed by atoms with E-state index in [9.17, 15) is 0 Å². The van der Waals surface area contributed by atoms with Gasteiger partial charge < -0.3 is 0 Å². The maximum Gasteiger partial charge on any atom is -0.0325 e. The Balaban J connectivity index is 0.000000132. The molecule has 0 amide bonds. The number of hydrogen-bond donors (Lipinski definition) is 0. The van der Waals surface area contributed by atoms with Crippen molar-refractivity contribution in [2.75, 3.05) is 0 Å². The van der Waals surface area contributed by atoms with Crippen molar-refractivity contribution in [3.63, 3.8) is 0 Å². The van der Waals surface area contributed by atoms with E-state index in [4.69, 9.17) is 0 Å². The number of hydrogen-bond acceptors (Lipinski definition) is 0. The molecule has 2 rings (SSSR count). The third-order valence-corrected chi connectivity index (χ3v) is 2.69. The highest BCUT2D eigenvalue weighted by Crippen LogP contribution is 2.15. The van der Waals surface area contributed by atoms with Gasteiger partial charge in [0.05, 0.1) is 0 Å². The molecule has 1 unspecified atom stereocenters. The van der Waals surface area contributed by atoms with Gasteiger partial charge in [-0.05, 0) is 50.9 Å². The zero-order chi connectivity index (χ0) is 9.36. The molecule has 0 fully saturated rings. The molecule has 0 aromatic heterocycles. The summed E-state index contributed by atoms with van der Waals surface area (Å²) >= 11 is 0. The fourth-order valence-corrected chi connectivity index (χ4v) is 1.71. The molecule has 0 nitrogen and oxygen atoms in total. The predicted molar refractivity (Wildman–Crippen MR) is 59.8 cm³/mol. The van der Waals surface area contributed by atoms with E-state index >= 15 is 0 Å². The highest BCUT2D eigenvalue weighted by Gasteiger charge is 2.00. The van der Waals surface area contributed by atoms with Gasteiger partial charge in [0.1, 0.15) is 0 Å². The van der Waals surface area contributed by atoms with Crippen molar-refractivity contribution in [2.45, 2.75) is 51.9 Å². The summed E-state index contributed by atoms with van der Waals surface area (Å²) in [4.78, 5) is 0. The fraction of sp³-hybridized carbons (Fsp3) is 0.692. The average molecular weight is 178 g/mol. The summed E-state index contributed by atoms with van der Waals surface area (Å²) in [6.45, 7) is 2.31. The predicted octanol–water partition coefficient (Wildman–Crippen LogP) is 4.48. The Kier molecular flexibility index (Phi) is 5.64. The maximum atomic E-state index is 2.31. The molecule has 0 aromatic carbocycles. The highest BCUT2D eigenvalue weighted by molar-refractivity contribution is 4.88. The van der Waals surface area contributed by atoms with Crippen molar-refractivity contribution in [3.8, 4) is 0 Å². The van der Waals surface area contributed by atoms with E-state index < -0.39 is 0 Å². The molecule has 0 heteroatoms. The molecule has 0 radical (unpaired) electrons. The molecule has 0 aliphatic heterocycles. The second-order valence-corrected chi connectivity index (χ2v) is 4.15. The van der Waals surface area contributed by atoms with Gasteiger partial charge in [-0.2, -0.15) is 0 Å². The number of allylic oxidation sites excluding steroid dienone is 4. The summed E-state index contributed by atoms with van der Waals surface area (Å²) in [6.07, 6.45) is 18.6. The van der Waals surface area contributed by atoms with Gasteiger partial charge in [0.2, 0.25) is 0 Å². The highest BCUT2D eigenvalue weighted by atomic mass is 14.1. The van der Waals surface area contributed by atoms with Crippen LogP contribution in [-0.2, 0) is 0 Å². The summed E-state index contributed by atoms with van der Waals surface area (Å²) in [5.41, 5.74) is 0. The van der Waals surface area contributed by atoms with E-state index in [0.29, 0.717) is 0 Å². The van der Waals surface area contributed by atoms with Crippen LogP contribution in [0, 0.1) is 5.92 Å². The van der Waals surface area contributed by atoms with Gasteiger partial charge in [-0.3, -0.25) is 0 Å². The molecule has 0 bridgehead atoms. The van der Waals surface area contributed by atoms with Crippen LogP contribution in [0.5, 0.6) is 0 Å². The quantitative estimate of drug-likeness (QED) is 0.480. The van der Waals surface area contributed by atoms with Crippen molar-refractivity contribution in [2.24, 2.45) is 5.92 Å². The molecule has 0 heterocycles. The minimum atomic E-state index is 0.949.